The summed E-state index contributed by atoms with van der Waals surface area (Å²) in [6.07, 6.45) is 2.46. The number of hydrogen-bond acceptors (Lipinski definition) is 3. The summed E-state index contributed by atoms with van der Waals surface area (Å²) in [6, 6.07) is 15.6. The van der Waals surface area contributed by atoms with Crippen molar-refractivity contribution >= 4 is 29.1 Å². The Morgan fingerprint density at radius 2 is 1.93 bits per heavy atom. The highest BCUT2D eigenvalue weighted by molar-refractivity contribution is 6.17. The third-order valence-electron chi connectivity index (χ3n) is 5.65. The molecule has 1 aliphatic rings. The maximum absolute atomic E-state index is 13.3. The van der Waals surface area contributed by atoms with Gasteiger partial charge in [0.1, 0.15) is 5.75 Å². The van der Waals surface area contributed by atoms with Crippen molar-refractivity contribution in [3.8, 4) is 5.75 Å². The quantitative estimate of drug-likeness (QED) is 0.638. The lowest BCUT2D eigenvalue weighted by Gasteiger charge is -2.24. The molecule has 1 atom stereocenters. The SMILES string of the molecule is COc1ccc(C(=O)c2c(C)n(CC3CCCNC3)c3ccccc23)cc1.Cl. The van der Waals surface area contributed by atoms with E-state index in [1.165, 1.54) is 12.8 Å². The smallest absolute Gasteiger partial charge is 0.195 e. The lowest BCUT2D eigenvalue weighted by atomic mass is 9.99. The Balaban J connectivity index is 0.00000225. The first-order valence-electron chi connectivity index (χ1n) is 9.66. The third-order valence-corrected chi connectivity index (χ3v) is 5.65. The van der Waals surface area contributed by atoms with Crippen LogP contribution in [-0.2, 0) is 6.54 Å². The summed E-state index contributed by atoms with van der Waals surface area (Å²) in [5, 5.41) is 4.54. The fourth-order valence-electron chi connectivity index (χ4n) is 4.18. The number of piperidine rings is 1. The number of methoxy groups -OCH3 is 1. The Labute approximate surface area is 172 Å². The molecule has 3 aromatic rings. The zero-order valence-corrected chi connectivity index (χ0v) is 17.2. The van der Waals surface area contributed by atoms with Gasteiger partial charge in [-0.1, -0.05) is 18.2 Å². The van der Waals surface area contributed by atoms with E-state index in [9.17, 15) is 4.79 Å². The van der Waals surface area contributed by atoms with E-state index in [-0.39, 0.29) is 18.2 Å². The van der Waals surface area contributed by atoms with E-state index in [1.54, 1.807) is 7.11 Å². The van der Waals surface area contributed by atoms with Gasteiger partial charge in [-0.3, -0.25) is 4.79 Å². The summed E-state index contributed by atoms with van der Waals surface area (Å²) in [5.41, 5.74) is 3.72. The van der Waals surface area contributed by atoms with E-state index in [0.717, 1.165) is 47.5 Å². The van der Waals surface area contributed by atoms with Crippen LogP contribution in [0.2, 0.25) is 0 Å². The minimum Gasteiger partial charge on any atom is -0.497 e. The Morgan fingerprint density at radius 3 is 2.61 bits per heavy atom. The monoisotopic (exact) mass is 398 g/mol. The van der Waals surface area contributed by atoms with Crippen molar-refractivity contribution in [3.05, 3.63) is 65.4 Å². The van der Waals surface area contributed by atoms with Gasteiger partial charge in [0.2, 0.25) is 0 Å². The molecule has 1 N–H and O–H groups in total. The van der Waals surface area contributed by atoms with E-state index >= 15 is 0 Å². The first-order valence-corrected chi connectivity index (χ1v) is 9.66. The van der Waals surface area contributed by atoms with E-state index in [1.807, 2.05) is 30.3 Å². The fraction of sp³-hybridized carbons (Fsp3) is 0.348. The number of carbonyl (C=O) groups excluding carboxylic acids is 1. The maximum Gasteiger partial charge on any atom is 0.195 e. The standard InChI is InChI=1S/C23H26N2O2.ClH/c1-16-22(23(26)18-9-11-19(27-2)12-10-18)20-7-3-4-8-21(20)25(16)15-17-6-5-13-24-14-17;/h3-4,7-12,17,24H,5-6,13-15H2,1-2H3;1H. The number of hydrogen-bond donors (Lipinski definition) is 1. The van der Waals surface area contributed by atoms with Crippen LogP contribution in [0.3, 0.4) is 0 Å². The van der Waals surface area contributed by atoms with Crippen LogP contribution in [0.15, 0.2) is 48.5 Å². The summed E-state index contributed by atoms with van der Waals surface area (Å²) in [7, 11) is 1.63. The second-order valence-electron chi connectivity index (χ2n) is 7.36. The van der Waals surface area contributed by atoms with Gasteiger partial charge in [0.05, 0.1) is 12.7 Å². The van der Waals surface area contributed by atoms with Crippen LogP contribution in [0.1, 0.15) is 34.5 Å². The van der Waals surface area contributed by atoms with Gasteiger partial charge in [-0.15, -0.1) is 12.4 Å². The van der Waals surface area contributed by atoms with Gasteiger partial charge < -0.3 is 14.6 Å². The van der Waals surface area contributed by atoms with Gasteiger partial charge in [0.15, 0.2) is 5.78 Å². The fourth-order valence-corrected chi connectivity index (χ4v) is 4.18. The molecule has 28 heavy (non-hydrogen) atoms. The number of carbonyl (C=O) groups is 1. The lowest BCUT2D eigenvalue weighted by Crippen LogP contribution is -2.32. The Bertz CT molecular complexity index is 957. The molecule has 148 valence electrons. The Kier molecular flexibility index (Phi) is 6.42. The Morgan fingerprint density at radius 1 is 1.18 bits per heavy atom. The van der Waals surface area contributed by atoms with Crippen LogP contribution >= 0.6 is 12.4 Å². The van der Waals surface area contributed by atoms with E-state index < -0.39 is 0 Å². The van der Waals surface area contributed by atoms with Crippen molar-refractivity contribution in [2.75, 3.05) is 20.2 Å². The number of para-hydroxylation sites is 1. The maximum atomic E-state index is 13.3. The molecule has 0 saturated carbocycles. The highest BCUT2D eigenvalue weighted by Crippen LogP contribution is 2.30. The van der Waals surface area contributed by atoms with Crippen LogP contribution in [0, 0.1) is 12.8 Å². The predicted octanol–water partition coefficient (Wildman–Crippen LogP) is 4.61. The molecule has 2 aromatic carbocycles. The molecule has 0 spiro atoms. The number of halogens is 1. The highest BCUT2D eigenvalue weighted by Gasteiger charge is 2.23. The molecule has 0 amide bonds. The molecule has 2 heterocycles. The predicted molar refractivity (Wildman–Crippen MR) is 116 cm³/mol. The second kappa shape index (κ2) is 8.80. The van der Waals surface area contributed by atoms with Gasteiger partial charge in [-0.25, -0.2) is 0 Å². The first-order chi connectivity index (χ1) is 13.2. The van der Waals surface area contributed by atoms with Gasteiger partial charge in [-0.05, 0) is 69.1 Å². The zero-order chi connectivity index (χ0) is 18.8. The van der Waals surface area contributed by atoms with Crippen molar-refractivity contribution in [2.45, 2.75) is 26.3 Å². The van der Waals surface area contributed by atoms with E-state index in [0.29, 0.717) is 11.5 Å². The van der Waals surface area contributed by atoms with Gasteiger partial charge in [0.25, 0.3) is 0 Å². The number of aromatic nitrogens is 1. The largest absolute Gasteiger partial charge is 0.497 e. The van der Waals surface area contributed by atoms with Gasteiger partial charge in [0, 0.05) is 28.7 Å². The number of fused-ring (bicyclic) bond motifs is 1. The van der Waals surface area contributed by atoms with Crippen LogP contribution in [0.25, 0.3) is 10.9 Å². The van der Waals surface area contributed by atoms with Crippen LogP contribution < -0.4 is 10.1 Å². The van der Waals surface area contributed by atoms with Crippen molar-refractivity contribution in [1.82, 2.24) is 9.88 Å². The summed E-state index contributed by atoms with van der Waals surface area (Å²) in [4.78, 5) is 13.3. The number of nitrogens with one attached hydrogen (secondary N) is 1. The summed E-state index contributed by atoms with van der Waals surface area (Å²) in [6.45, 7) is 5.19. The molecule has 4 rings (SSSR count). The lowest BCUT2D eigenvalue weighted by molar-refractivity contribution is 0.103. The summed E-state index contributed by atoms with van der Waals surface area (Å²) >= 11 is 0. The highest BCUT2D eigenvalue weighted by atomic mass is 35.5. The zero-order valence-electron chi connectivity index (χ0n) is 16.4. The summed E-state index contributed by atoms with van der Waals surface area (Å²) in [5.74, 6) is 1.44. The molecular formula is C23H27ClN2O2. The van der Waals surface area contributed by atoms with Crippen molar-refractivity contribution in [1.29, 1.82) is 0 Å². The molecule has 4 nitrogen and oxygen atoms in total. The molecule has 1 fully saturated rings. The number of ether oxygens (including phenoxy) is 1. The first kappa shape index (κ1) is 20.4. The van der Waals surface area contributed by atoms with Gasteiger partial charge in [-0.2, -0.15) is 0 Å². The topological polar surface area (TPSA) is 43.3 Å². The van der Waals surface area contributed by atoms with Crippen molar-refractivity contribution < 1.29 is 9.53 Å². The van der Waals surface area contributed by atoms with Gasteiger partial charge >= 0.3 is 0 Å². The number of nitrogens with zero attached hydrogens (tertiary/aromatic N) is 1. The van der Waals surface area contributed by atoms with E-state index in [4.69, 9.17) is 4.74 Å². The molecule has 1 aromatic heterocycles. The molecule has 1 unspecified atom stereocenters. The number of ketones is 1. The minimum absolute atomic E-state index is 0. The van der Waals surface area contributed by atoms with Crippen molar-refractivity contribution in [2.24, 2.45) is 5.92 Å². The molecule has 0 bridgehead atoms. The van der Waals surface area contributed by atoms with Crippen LogP contribution in [0.4, 0.5) is 0 Å². The Hall–Kier alpha value is -2.30. The third kappa shape index (κ3) is 3.80. The average Bonchev–Trinajstić information content (AvgIpc) is 3.00. The average molecular weight is 399 g/mol. The molecule has 1 aliphatic heterocycles. The van der Waals surface area contributed by atoms with Crippen molar-refractivity contribution in [3.63, 3.8) is 0 Å². The molecule has 5 heteroatoms. The summed E-state index contributed by atoms with van der Waals surface area (Å²) < 4.78 is 7.55. The molecule has 1 saturated heterocycles. The van der Waals surface area contributed by atoms with Crippen LogP contribution in [-0.4, -0.2) is 30.5 Å². The molecule has 0 radical (unpaired) electrons. The molecular weight excluding hydrogens is 372 g/mol. The normalized spacial score (nSPS) is 16.6. The number of rotatable bonds is 5. The van der Waals surface area contributed by atoms with E-state index in [2.05, 4.69) is 35.0 Å². The minimum atomic E-state index is 0. The number of benzene rings is 2. The van der Waals surface area contributed by atoms with Crippen LogP contribution in [0.5, 0.6) is 5.75 Å². The molecule has 0 aliphatic carbocycles. The second-order valence-corrected chi connectivity index (χ2v) is 7.36.